The summed E-state index contributed by atoms with van der Waals surface area (Å²) in [6.07, 6.45) is 1.41. The van der Waals surface area contributed by atoms with Crippen molar-refractivity contribution < 1.29 is 4.79 Å². The zero-order valence-electron chi connectivity index (χ0n) is 8.47. The average molecular weight is 207 g/mol. The molecule has 1 unspecified atom stereocenters. The third kappa shape index (κ3) is 1.83. The number of nitrogens with zero attached hydrogens (tertiary/aromatic N) is 3. The number of hydrogen-bond donors (Lipinski definition) is 2. The van der Waals surface area contributed by atoms with Crippen LogP contribution in [0.3, 0.4) is 0 Å². The maximum Gasteiger partial charge on any atom is 0.242 e. The number of hydrogen-bond acceptors (Lipinski definition) is 5. The molecule has 0 aliphatic carbocycles. The van der Waals surface area contributed by atoms with Gasteiger partial charge in [0.15, 0.2) is 0 Å². The van der Waals surface area contributed by atoms with Gasteiger partial charge in [0.05, 0.1) is 0 Å². The van der Waals surface area contributed by atoms with Gasteiger partial charge in [-0.1, -0.05) is 0 Å². The minimum Gasteiger partial charge on any atom is -0.384 e. The van der Waals surface area contributed by atoms with Gasteiger partial charge < -0.3 is 16.0 Å². The van der Waals surface area contributed by atoms with E-state index in [9.17, 15) is 4.79 Å². The molecular weight excluding hydrogens is 194 g/mol. The number of piperazine rings is 1. The van der Waals surface area contributed by atoms with E-state index in [1.165, 1.54) is 6.33 Å². The first kappa shape index (κ1) is 9.70. The first-order chi connectivity index (χ1) is 7.18. The smallest absolute Gasteiger partial charge is 0.242 e. The van der Waals surface area contributed by atoms with E-state index in [4.69, 9.17) is 5.73 Å². The molecule has 1 aliphatic heterocycles. The molecule has 0 saturated carbocycles. The standard InChI is InChI=1S/C9H13N5O/c1-6-9(15)11-2-3-14(6)8-4-7(10)12-5-13-8/h4-6H,2-3H2,1H3,(H,11,15)(H2,10,12,13). The number of carbonyl (C=O) groups is 1. The van der Waals surface area contributed by atoms with Crippen LogP contribution in [0.4, 0.5) is 11.6 Å². The van der Waals surface area contributed by atoms with Crippen molar-refractivity contribution in [1.29, 1.82) is 0 Å². The van der Waals surface area contributed by atoms with Gasteiger partial charge in [0.25, 0.3) is 0 Å². The molecule has 2 rings (SSSR count). The summed E-state index contributed by atoms with van der Waals surface area (Å²) in [4.78, 5) is 21.3. The van der Waals surface area contributed by atoms with Gasteiger partial charge in [-0.2, -0.15) is 0 Å². The van der Waals surface area contributed by atoms with Crippen molar-refractivity contribution >= 4 is 17.5 Å². The molecule has 0 radical (unpaired) electrons. The normalized spacial score (nSPS) is 21.3. The number of rotatable bonds is 1. The maximum atomic E-state index is 11.4. The van der Waals surface area contributed by atoms with E-state index >= 15 is 0 Å². The molecule has 1 aliphatic rings. The van der Waals surface area contributed by atoms with Gasteiger partial charge in [-0.3, -0.25) is 4.79 Å². The van der Waals surface area contributed by atoms with Gasteiger partial charge >= 0.3 is 0 Å². The van der Waals surface area contributed by atoms with E-state index in [0.29, 0.717) is 18.2 Å². The van der Waals surface area contributed by atoms with E-state index < -0.39 is 0 Å². The molecule has 0 bridgehead atoms. The summed E-state index contributed by atoms with van der Waals surface area (Å²) >= 11 is 0. The number of nitrogen functional groups attached to an aromatic ring is 1. The highest BCUT2D eigenvalue weighted by molar-refractivity contribution is 5.85. The lowest BCUT2D eigenvalue weighted by Gasteiger charge is -2.33. The third-order valence-electron chi connectivity index (χ3n) is 2.47. The molecule has 1 saturated heterocycles. The lowest BCUT2D eigenvalue weighted by atomic mass is 10.2. The van der Waals surface area contributed by atoms with Gasteiger partial charge in [-0.15, -0.1) is 0 Å². The van der Waals surface area contributed by atoms with Crippen molar-refractivity contribution in [2.45, 2.75) is 13.0 Å². The van der Waals surface area contributed by atoms with E-state index in [0.717, 1.165) is 6.54 Å². The maximum absolute atomic E-state index is 11.4. The largest absolute Gasteiger partial charge is 0.384 e. The molecule has 80 valence electrons. The van der Waals surface area contributed by atoms with Crippen LogP contribution in [0.25, 0.3) is 0 Å². The summed E-state index contributed by atoms with van der Waals surface area (Å²) in [6, 6.07) is 1.46. The quantitative estimate of drug-likeness (QED) is 0.641. The molecule has 1 fully saturated rings. The molecule has 1 aromatic rings. The van der Waals surface area contributed by atoms with Gasteiger partial charge in [-0.25, -0.2) is 9.97 Å². The molecule has 1 aromatic heterocycles. The van der Waals surface area contributed by atoms with Gasteiger partial charge in [0, 0.05) is 19.2 Å². The summed E-state index contributed by atoms with van der Waals surface area (Å²) in [5.74, 6) is 1.13. The van der Waals surface area contributed by atoms with E-state index in [-0.39, 0.29) is 11.9 Å². The molecule has 1 atom stereocenters. The second kappa shape index (κ2) is 3.72. The number of aromatic nitrogens is 2. The van der Waals surface area contributed by atoms with Gasteiger partial charge in [0.1, 0.15) is 24.0 Å². The Labute approximate surface area is 87.5 Å². The van der Waals surface area contributed by atoms with E-state index in [2.05, 4.69) is 15.3 Å². The summed E-state index contributed by atoms with van der Waals surface area (Å²) in [5, 5.41) is 2.79. The minimum absolute atomic E-state index is 0.0124. The predicted octanol–water partition coefficient (Wildman–Crippen LogP) is -0.617. The number of carbonyl (C=O) groups excluding carboxylic acids is 1. The Morgan fingerprint density at radius 1 is 1.60 bits per heavy atom. The third-order valence-corrected chi connectivity index (χ3v) is 2.47. The first-order valence-electron chi connectivity index (χ1n) is 4.80. The summed E-state index contributed by atoms with van der Waals surface area (Å²) < 4.78 is 0. The van der Waals surface area contributed by atoms with Crippen molar-refractivity contribution in [2.24, 2.45) is 0 Å². The fraction of sp³-hybridized carbons (Fsp3) is 0.444. The molecule has 3 N–H and O–H groups in total. The number of amides is 1. The molecule has 15 heavy (non-hydrogen) atoms. The van der Waals surface area contributed by atoms with Crippen molar-refractivity contribution in [2.75, 3.05) is 23.7 Å². The zero-order valence-corrected chi connectivity index (χ0v) is 8.47. The van der Waals surface area contributed by atoms with Crippen molar-refractivity contribution in [3.05, 3.63) is 12.4 Å². The Bertz CT molecular complexity index is 381. The average Bonchev–Trinajstić information content (AvgIpc) is 2.22. The Balaban J connectivity index is 2.26. The summed E-state index contributed by atoms with van der Waals surface area (Å²) in [6.45, 7) is 3.21. The van der Waals surface area contributed by atoms with Crippen LogP contribution in [0.15, 0.2) is 12.4 Å². The molecule has 0 spiro atoms. The number of nitrogens with two attached hydrogens (primary N) is 1. The summed E-state index contributed by atoms with van der Waals surface area (Å²) in [5.41, 5.74) is 5.57. The zero-order chi connectivity index (χ0) is 10.8. The fourth-order valence-corrected chi connectivity index (χ4v) is 1.61. The van der Waals surface area contributed by atoms with E-state index in [1.807, 2.05) is 11.8 Å². The lowest BCUT2D eigenvalue weighted by Crippen LogP contribution is -2.54. The van der Waals surface area contributed by atoms with Crippen molar-refractivity contribution in [1.82, 2.24) is 15.3 Å². The molecule has 6 nitrogen and oxygen atoms in total. The Kier molecular flexibility index (Phi) is 2.40. The van der Waals surface area contributed by atoms with Crippen molar-refractivity contribution in [3.8, 4) is 0 Å². The fourth-order valence-electron chi connectivity index (χ4n) is 1.61. The van der Waals surface area contributed by atoms with Crippen LogP contribution in [0.5, 0.6) is 0 Å². The van der Waals surface area contributed by atoms with Crippen LogP contribution in [0, 0.1) is 0 Å². The van der Waals surface area contributed by atoms with Crippen LogP contribution in [-0.4, -0.2) is 35.0 Å². The highest BCUT2D eigenvalue weighted by Gasteiger charge is 2.26. The predicted molar refractivity (Wildman–Crippen MR) is 56.3 cm³/mol. The van der Waals surface area contributed by atoms with Crippen LogP contribution in [0.1, 0.15) is 6.92 Å². The second-order valence-electron chi connectivity index (χ2n) is 3.46. The molecule has 6 heteroatoms. The Hall–Kier alpha value is -1.85. The highest BCUT2D eigenvalue weighted by atomic mass is 16.2. The monoisotopic (exact) mass is 207 g/mol. The van der Waals surface area contributed by atoms with Crippen LogP contribution in [0.2, 0.25) is 0 Å². The summed E-state index contributed by atoms with van der Waals surface area (Å²) in [7, 11) is 0. The molecular formula is C9H13N5O. The number of anilines is 2. The lowest BCUT2D eigenvalue weighted by molar-refractivity contribution is -0.122. The van der Waals surface area contributed by atoms with Crippen LogP contribution >= 0.6 is 0 Å². The molecule has 0 aromatic carbocycles. The van der Waals surface area contributed by atoms with Crippen molar-refractivity contribution in [3.63, 3.8) is 0 Å². The van der Waals surface area contributed by atoms with E-state index in [1.54, 1.807) is 6.07 Å². The Morgan fingerprint density at radius 2 is 2.40 bits per heavy atom. The van der Waals surface area contributed by atoms with Crippen LogP contribution < -0.4 is 16.0 Å². The topological polar surface area (TPSA) is 84.1 Å². The highest BCUT2D eigenvalue weighted by Crippen LogP contribution is 2.16. The minimum atomic E-state index is -0.215. The van der Waals surface area contributed by atoms with Crippen LogP contribution in [-0.2, 0) is 4.79 Å². The van der Waals surface area contributed by atoms with Gasteiger partial charge in [0.2, 0.25) is 5.91 Å². The first-order valence-corrected chi connectivity index (χ1v) is 4.80. The molecule has 1 amide bonds. The van der Waals surface area contributed by atoms with Gasteiger partial charge in [-0.05, 0) is 6.92 Å². The Morgan fingerprint density at radius 3 is 3.13 bits per heavy atom. The molecule has 2 heterocycles. The SMILES string of the molecule is CC1C(=O)NCCN1c1cc(N)ncn1. The second-order valence-corrected chi connectivity index (χ2v) is 3.46. The number of nitrogens with one attached hydrogen (secondary N) is 1.